The first-order chi connectivity index (χ1) is 11.4. The van der Waals surface area contributed by atoms with Crippen LogP contribution in [0.1, 0.15) is 36.8 Å². The molecule has 2 fully saturated rings. The van der Waals surface area contributed by atoms with Crippen LogP contribution in [0.5, 0.6) is 0 Å². The number of amides is 1. The van der Waals surface area contributed by atoms with Gasteiger partial charge in [0.05, 0.1) is 11.2 Å². The van der Waals surface area contributed by atoms with Gasteiger partial charge < -0.3 is 10.6 Å². The van der Waals surface area contributed by atoms with Gasteiger partial charge in [-0.05, 0) is 36.4 Å². The average Bonchev–Trinajstić information content (AvgIpc) is 2.97. The molecule has 1 aliphatic carbocycles. The van der Waals surface area contributed by atoms with Gasteiger partial charge >= 0.3 is 0 Å². The summed E-state index contributed by atoms with van der Waals surface area (Å²) in [7, 11) is -3.10. The molecule has 2 aliphatic rings. The van der Waals surface area contributed by atoms with Crippen molar-refractivity contribution in [2.75, 3.05) is 19.3 Å². The summed E-state index contributed by atoms with van der Waals surface area (Å²) in [5.41, 5.74) is 1.37. The fourth-order valence-corrected chi connectivity index (χ4v) is 5.04. The molecule has 1 heterocycles. The van der Waals surface area contributed by atoms with Gasteiger partial charge in [-0.1, -0.05) is 37.1 Å². The average molecular weight is 387 g/mol. The Morgan fingerprint density at radius 2 is 2.00 bits per heavy atom. The minimum Gasteiger partial charge on any atom is -0.351 e. The van der Waals surface area contributed by atoms with E-state index in [1.807, 2.05) is 24.3 Å². The van der Waals surface area contributed by atoms with Gasteiger partial charge in [-0.15, -0.1) is 12.4 Å². The van der Waals surface area contributed by atoms with Crippen molar-refractivity contribution in [2.45, 2.75) is 38.0 Å². The zero-order valence-electron chi connectivity index (χ0n) is 14.6. The van der Waals surface area contributed by atoms with E-state index in [-0.39, 0.29) is 29.5 Å². The van der Waals surface area contributed by atoms with E-state index in [2.05, 4.69) is 10.6 Å². The van der Waals surface area contributed by atoms with Gasteiger partial charge in [0.2, 0.25) is 5.91 Å². The molecule has 0 aromatic heterocycles. The highest BCUT2D eigenvalue weighted by atomic mass is 35.5. The van der Waals surface area contributed by atoms with Crippen molar-refractivity contribution in [3.05, 3.63) is 35.4 Å². The lowest BCUT2D eigenvalue weighted by Gasteiger charge is -2.37. The molecule has 5 nitrogen and oxygen atoms in total. The molecule has 1 aliphatic heterocycles. The molecule has 0 unspecified atom stereocenters. The summed E-state index contributed by atoms with van der Waals surface area (Å²) < 4.78 is 23.2. The zero-order valence-corrected chi connectivity index (χ0v) is 16.2. The lowest BCUT2D eigenvalue weighted by atomic mass is 9.67. The molecule has 1 aromatic rings. The van der Waals surface area contributed by atoms with Crippen molar-refractivity contribution in [3.63, 3.8) is 0 Å². The normalized spacial score (nSPS) is 25.7. The van der Waals surface area contributed by atoms with E-state index in [1.54, 1.807) is 0 Å². The van der Waals surface area contributed by atoms with Crippen LogP contribution < -0.4 is 10.6 Å². The Kier molecular flexibility index (Phi) is 6.51. The van der Waals surface area contributed by atoms with Crippen LogP contribution in [0, 0.1) is 11.3 Å². The monoisotopic (exact) mass is 386 g/mol. The standard InChI is InChI=1S/C18H26N2O3S.ClH/c1-24(22,23)12-15-7-3-2-6-14(15)10-20-17(21)18-9-5-4-8-16(18)11-19-13-18;/h2-3,6-7,16,19H,4-5,8-13H2,1H3,(H,20,21);1H/t16-,18+;/m0./s1. The quantitative estimate of drug-likeness (QED) is 0.812. The number of hydrogen-bond donors (Lipinski definition) is 2. The molecule has 3 rings (SSSR count). The minimum absolute atomic E-state index is 0. The smallest absolute Gasteiger partial charge is 0.228 e. The van der Waals surface area contributed by atoms with Gasteiger partial charge in [-0.3, -0.25) is 4.79 Å². The minimum atomic E-state index is -3.10. The first-order valence-corrected chi connectivity index (χ1v) is 10.7. The number of carbonyl (C=O) groups is 1. The summed E-state index contributed by atoms with van der Waals surface area (Å²) in [6, 6.07) is 7.43. The van der Waals surface area contributed by atoms with Gasteiger partial charge in [0.15, 0.2) is 9.84 Å². The molecule has 1 saturated heterocycles. The summed E-state index contributed by atoms with van der Waals surface area (Å²) in [5.74, 6) is 0.554. The maximum absolute atomic E-state index is 12.9. The molecule has 0 spiro atoms. The second kappa shape index (κ2) is 8.06. The van der Waals surface area contributed by atoms with Crippen LogP contribution in [0.3, 0.4) is 0 Å². The Hall–Kier alpha value is -1.11. The van der Waals surface area contributed by atoms with Crippen LogP contribution in [0.2, 0.25) is 0 Å². The number of benzene rings is 1. The number of rotatable bonds is 5. The van der Waals surface area contributed by atoms with Crippen LogP contribution in [-0.2, 0) is 26.9 Å². The number of halogens is 1. The summed E-state index contributed by atoms with van der Waals surface area (Å²) in [6.07, 6.45) is 5.61. The summed E-state index contributed by atoms with van der Waals surface area (Å²) >= 11 is 0. The van der Waals surface area contributed by atoms with Crippen molar-refractivity contribution in [1.29, 1.82) is 0 Å². The Labute approximate surface area is 156 Å². The highest BCUT2D eigenvalue weighted by Crippen LogP contribution is 2.43. The SMILES string of the molecule is CS(=O)(=O)Cc1ccccc1CNC(=O)[C@@]12CCCC[C@H]1CNC2.Cl. The van der Waals surface area contributed by atoms with Crippen LogP contribution in [0.15, 0.2) is 24.3 Å². The van der Waals surface area contributed by atoms with Gasteiger partial charge in [-0.2, -0.15) is 0 Å². The Bertz CT molecular complexity index is 723. The van der Waals surface area contributed by atoms with E-state index in [1.165, 1.54) is 12.7 Å². The molecule has 140 valence electrons. The Morgan fingerprint density at radius 1 is 1.28 bits per heavy atom. The van der Waals surface area contributed by atoms with Crippen molar-refractivity contribution < 1.29 is 13.2 Å². The van der Waals surface area contributed by atoms with Crippen molar-refractivity contribution in [3.8, 4) is 0 Å². The molecule has 7 heteroatoms. The van der Waals surface area contributed by atoms with Gasteiger partial charge in [0, 0.05) is 19.3 Å². The van der Waals surface area contributed by atoms with Crippen molar-refractivity contribution in [2.24, 2.45) is 11.3 Å². The third-order valence-corrected chi connectivity index (χ3v) is 6.30. The molecule has 2 atom stereocenters. The third kappa shape index (κ3) is 4.54. The highest BCUT2D eigenvalue weighted by molar-refractivity contribution is 7.89. The maximum atomic E-state index is 12.9. The maximum Gasteiger partial charge on any atom is 0.228 e. The first-order valence-electron chi connectivity index (χ1n) is 8.64. The largest absolute Gasteiger partial charge is 0.351 e. The number of carbonyl (C=O) groups excluding carboxylic acids is 1. The number of sulfone groups is 1. The van der Waals surface area contributed by atoms with Crippen LogP contribution in [0.25, 0.3) is 0 Å². The molecule has 25 heavy (non-hydrogen) atoms. The summed E-state index contributed by atoms with van der Waals surface area (Å²) in [5, 5.41) is 6.47. The Morgan fingerprint density at radius 3 is 2.72 bits per heavy atom. The predicted octanol–water partition coefficient (Wildman–Crippen LogP) is 2.05. The van der Waals surface area contributed by atoms with Crippen LogP contribution >= 0.6 is 12.4 Å². The lowest BCUT2D eigenvalue weighted by molar-refractivity contribution is -0.134. The van der Waals surface area contributed by atoms with Gasteiger partial charge in [0.25, 0.3) is 0 Å². The topological polar surface area (TPSA) is 75.3 Å². The molecule has 2 N–H and O–H groups in total. The van der Waals surface area contributed by atoms with E-state index in [0.29, 0.717) is 12.5 Å². The summed E-state index contributed by atoms with van der Waals surface area (Å²) in [4.78, 5) is 12.9. The lowest BCUT2D eigenvalue weighted by Crippen LogP contribution is -2.47. The second-order valence-electron chi connectivity index (χ2n) is 7.25. The molecular weight excluding hydrogens is 360 g/mol. The summed E-state index contributed by atoms with van der Waals surface area (Å²) in [6.45, 7) is 2.07. The van der Waals surface area contributed by atoms with Gasteiger partial charge in [0.1, 0.15) is 0 Å². The predicted molar refractivity (Wildman–Crippen MR) is 101 cm³/mol. The van der Waals surface area contributed by atoms with E-state index in [0.717, 1.165) is 43.5 Å². The Balaban J connectivity index is 0.00000225. The van der Waals surface area contributed by atoms with E-state index >= 15 is 0 Å². The fourth-order valence-electron chi connectivity index (χ4n) is 4.20. The van der Waals surface area contributed by atoms with Crippen molar-refractivity contribution in [1.82, 2.24) is 10.6 Å². The molecule has 1 saturated carbocycles. The number of fused-ring (bicyclic) bond motifs is 1. The van der Waals surface area contributed by atoms with E-state index < -0.39 is 9.84 Å². The fraction of sp³-hybridized carbons (Fsp3) is 0.611. The highest BCUT2D eigenvalue weighted by Gasteiger charge is 2.49. The van der Waals surface area contributed by atoms with E-state index in [4.69, 9.17) is 0 Å². The van der Waals surface area contributed by atoms with E-state index in [9.17, 15) is 13.2 Å². The second-order valence-corrected chi connectivity index (χ2v) is 9.39. The molecule has 0 bridgehead atoms. The van der Waals surface area contributed by atoms with Crippen LogP contribution in [0.4, 0.5) is 0 Å². The zero-order chi connectivity index (χ0) is 17.2. The first kappa shape index (κ1) is 20.2. The number of nitrogens with one attached hydrogen (secondary N) is 2. The molecular formula is C18H27ClN2O3S. The molecule has 1 aromatic carbocycles. The van der Waals surface area contributed by atoms with Crippen LogP contribution in [-0.4, -0.2) is 33.7 Å². The molecule has 1 amide bonds. The van der Waals surface area contributed by atoms with Crippen molar-refractivity contribution >= 4 is 28.2 Å². The number of hydrogen-bond acceptors (Lipinski definition) is 4. The molecule has 0 radical (unpaired) electrons. The third-order valence-electron chi connectivity index (χ3n) is 5.47. The van der Waals surface area contributed by atoms with Gasteiger partial charge in [-0.25, -0.2) is 8.42 Å².